The molecule has 2 amide bonds. The van der Waals surface area contributed by atoms with Crippen molar-refractivity contribution in [1.29, 1.82) is 0 Å². The molecule has 6 fully saturated rings. The van der Waals surface area contributed by atoms with Gasteiger partial charge in [0, 0.05) is 109 Å². The lowest BCUT2D eigenvalue weighted by Crippen LogP contribution is -2.70. The maximum absolute atomic E-state index is 15.2. The van der Waals surface area contributed by atoms with E-state index in [2.05, 4.69) is 73.2 Å². The van der Waals surface area contributed by atoms with Crippen LogP contribution in [-0.4, -0.2) is 135 Å². The van der Waals surface area contributed by atoms with Crippen molar-refractivity contribution in [3.63, 3.8) is 0 Å². The van der Waals surface area contributed by atoms with Crippen molar-refractivity contribution in [3.05, 3.63) is 84.2 Å². The number of fused-ring (bicyclic) bond motifs is 6. The summed E-state index contributed by atoms with van der Waals surface area (Å²) in [6.45, 7) is 13.3. The van der Waals surface area contributed by atoms with E-state index in [4.69, 9.17) is 28.6 Å². The van der Waals surface area contributed by atoms with Crippen LogP contribution in [0.5, 0.6) is 0 Å². The zero-order chi connectivity index (χ0) is 47.3. The Morgan fingerprint density at radius 3 is 2.57 bits per heavy atom. The fraction of sp³-hybridized carbons (Fsp3) is 0.558. The second-order valence-electron chi connectivity index (χ2n) is 21.8. The number of hydrazine groups is 1. The normalized spacial score (nSPS) is 28.6. The summed E-state index contributed by atoms with van der Waals surface area (Å²) in [5.74, 6) is -1.24. The van der Waals surface area contributed by atoms with Crippen LogP contribution in [0.4, 0.5) is 0 Å². The molecule has 2 N–H and O–H groups in total. The first-order valence-corrected chi connectivity index (χ1v) is 24.9. The van der Waals surface area contributed by atoms with Gasteiger partial charge in [-0.15, -0.1) is 0 Å². The van der Waals surface area contributed by atoms with Gasteiger partial charge in [-0.2, -0.15) is 0 Å². The van der Waals surface area contributed by atoms with Crippen molar-refractivity contribution in [2.75, 3.05) is 59.7 Å². The third kappa shape index (κ3) is 7.94. The molecule has 7 aliphatic rings. The Morgan fingerprint density at radius 1 is 1.00 bits per heavy atom. The number of oxazole rings is 1. The standard InChI is InChI=1S/C52H62N10O7/c1-29-41(37-14-16-53-28-55-37)42(29)47(63)57-44-46(60-23-52(24-60)26-67-27-52)48-56-39(22-68-48)31-10-13-40-35(18-31)36(19-51(3,4)25-69-50(65)38-9-7-17-61(58-38)49(44)64)45(34-8-6-15-54-43(34)30(2)66-5)62(40)33-20-59(21-33)32-11-12-32/h6,8,10,13-16,18,22,28-30,32-33,38,41-42,44,46,58H,7,9,11-12,17,19-21,23-27H2,1-5H3,(H,57,63)/t29-,30-,38-,41-,42+,44-,46-/m0/s1. The summed E-state index contributed by atoms with van der Waals surface area (Å²) in [5, 5.41) is 5.81. The monoisotopic (exact) mass is 938 g/mol. The number of likely N-dealkylation sites (tertiary alicyclic amines) is 2. The third-order valence-electron chi connectivity index (χ3n) is 16.1. The fourth-order valence-electron chi connectivity index (χ4n) is 12.0. The van der Waals surface area contributed by atoms with Crippen molar-refractivity contribution in [2.45, 2.75) is 102 Å². The highest BCUT2D eigenvalue weighted by molar-refractivity contribution is 5.95. The van der Waals surface area contributed by atoms with Gasteiger partial charge in [-0.3, -0.25) is 34.2 Å². The summed E-state index contributed by atoms with van der Waals surface area (Å²) in [4.78, 5) is 67.6. The molecule has 17 heteroatoms. The van der Waals surface area contributed by atoms with Crippen molar-refractivity contribution >= 4 is 28.7 Å². The smallest absolute Gasteiger partial charge is 0.324 e. The van der Waals surface area contributed by atoms with E-state index in [0.717, 1.165) is 57.8 Å². The maximum atomic E-state index is 15.2. The quantitative estimate of drug-likeness (QED) is 0.179. The number of carbonyl (C=O) groups is 3. The number of rotatable bonds is 9. The molecule has 5 aromatic rings. The fourth-order valence-corrected chi connectivity index (χ4v) is 12.0. The molecule has 2 saturated carbocycles. The lowest BCUT2D eigenvalue weighted by atomic mass is 9.76. The molecule has 12 rings (SSSR count). The van der Waals surface area contributed by atoms with Crippen LogP contribution in [0.2, 0.25) is 0 Å². The lowest BCUT2D eigenvalue weighted by Gasteiger charge is -2.57. The van der Waals surface area contributed by atoms with Crippen molar-refractivity contribution < 1.29 is 33.0 Å². The number of cyclic esters (lactones) is 1. The number of hydrogen-bond donors (Lipinski definition) is 2. The summed E-state index contributed by atoms with van der Waals surface area (Å²) >= 11 is 0. The second-order valence-corrected chi connectivity index (χ2v) is 21.8. The predicted octanol–water partition coefficient (Wildman–Crippen LogP) is 5.40. The molecular formula is C52H62N10O7. The van der Waals surface area contributed by atoms with Gasteiger partial charge in [-0.1, -0.05) is 26.8 Å². The van der Waals surface area contributed by atoms with Gasteiger partial charge in [-0.05, 0) is 80.8 Å². The van der Waals surface area contributed by atoms with E-state index in [-0.39, 0.29) is 47.8 Å². The second kappa shape index (κ2) is 17.1. The molecule has 69 heavy (non-hydrogen) atoms. The number of nitrogens with zero attached hydrogens (tertiary/aromatic N) is 8. The van der Waals surface area contributed by atoms with Gasteiger partial charge in [0.05, 0.1) is 43.4 Å². The zero-order valence-corrected chi connectivity index (χ0v) is 40.1. The number of ether oxygens (including phenoxy) is 3. The molecule has 4 saturated heterocycles. The number of nitrogens with one attached hydrogen (secondary N) is 2. The number of benzene rings is 1. The maximum Gasteiger partial charge on any atom is 0.324 e. The van der Waals surface area contributed by atoms with Crippen molar-refractivity contribution in [3.8, 4) is 22.5 Å². The van der Waals surface area contributed by atoms with Crippen LogP contribution in [0.3, 0.4) is 0 Å². The van der Waals surface area contributed by atoms with E-state index in [0.29, 0.717) is 69.7 Å². The average molecular weight is 939 g/mol. The third-order valence-corrected chi connectivity index (χ3v) is 16.1. The van der Waals surface area contributed by atoms with Crippen LogP contribution in [0.15, 0.2) is 65.8 Å². The molecule has 5 aliphatic heterocycles. The molecule has 17 nitrogen and oxygen atoms in total. The topological polar surface area (TPSA) is 182 Å². The molecule has 362 valence electrons. The molecule has 9 heterocycles. The van der Waals surface area contributed by atoms with E-state index in [1.807, 2.05) is 32.2 Å². The lowest BCUT2D eigenvalue weighted by molar-refractivity contribution is -0.204. The Kier molecular flexibility index (Phi) is 11.0. The van der Waals surface area contributed by atoms with E-state index in [9.17, 15) is 9.59 Å². The van der Waals surface area contributed by atoms with Gasteiger partial charge in [0.15, 0.2) is 0 Å². The molecular weight excluding hydrogens is 877 g/mol. The number of methoxy groups -OCH3 is 1. The predicted molar refractivity (Wildman–Crippen MR) is 253 cm³/mol. The van der Waals surface area contributed by atoms with E-state index in [1.165, 1.54) is 24.2 Å². The number of aromatic nitrogens is 5. The van der Waals surface area contributed by atoms with E-state index < -0.39 is 35.4 Å². The van der Waals surface area contributed by atoms with Gasteiger partial charge in [0.25, 0.3) is 5.91 Å². The van der Waals surface area contributed by atoms with Crippen LogP contribution < -0.4 is 10.7 Å². The largest absolute Gasteiger partial charge is 0.464 e. The molecule has 0 radical (unpaired) electrons. The Labute approximate surface area is 401 Å². The average Bonchev–Trinajstić information content (AvgIpc) is 4.20. The molecule has 1 aromatic carbocycles. The van der Waals surface area contributed by atoms with Crippen molar-refractivity contribution in [2.24, 2.45) is 22.7 Å². The van der Waals surface area contributed by atoms with E-state index >= 15 is 4.79 Å². The van der Waals surface area contributed by atoms with Gasteiger partial charge < -0.3 is 28.5 Å². The molecule has 7 atom stereocenters. The zero-order valence-electron chi connectivity index (χ0n) is 40.1. The highest BCUT2D eigenvalue weighted by Crippen LogP contribution is 2.54. The first-order chi connectivity index (χ1) is 33.4. The number of amides is 2. The van der Waals surface area contributed by atoms with E-state index in [1.54, 1.807) is 19.6 Å². The molecule has 4 aromatic heterocycles. The number of hydrogen-bond acceptors (Lipinski definition) is 14. The van der Waals surface area contributed by atoms with Gasteiger partial charge in [0.1, 0.15) is 36.4 Å². The highest BCUT2D eigenvalue weighted by atomic mass is 16.5. The number of esters is 1. The molecule has 0 unspecified atom stereocenters. The Morgan fingerprint density at radius 2 is 1.83 bits per heavy atom. The SMILES string of the molecule is CO[C@@H](C)c1ncccc1-c1c2c3cc(ccc3n1C1CN(C3CC3)C1)-c1coc(n1)[C@@H](N1CC3(COC3)C1)[C@H](NC(=O)[C@@H]1[C@@H](C)[C@H]1c1ccncn1)C(=O)N1CCC[C@H](N1)C(=O)OCC(C)(C)C2. The minimum Gasteiger partial charge on any atom is -0.464 e. The van der Waals surface area contributed by atoms with Crippen LogP contribution in [0.1, 0.15) is 100 Å². The molecule has 2 aliphatic carbocycles. The van der Waals surface area contributed by atoms with Gasteiger partial charge in [0.2, 0.25) is 11.8 Å². The summed E-state index contributed by atoms with van der Waals surface area (Å²) < 4.78 is 27.0. The Hall–Kier alpha value is -5.59. The summed E-state index contributed by atoms with van der Waals surface area (Å²) in [5.41, 5.74) is 10.2. The first-order valence-electron chi connectivity index (χ1n) is 24.9. The van der Waals surface area contributed by atoms with Crippen LogP contribution in [0.25, 0.3) is 33.4 Å². The Balaban J connectivity index is 0.996. The molecule has 1 spiro atoms. The number of pyridine rings is 1. The minimum absolute atomic E-state index is 0.00153. The van der Waals surface area contributed by atoms with Crippen LogP contribution in [0, 0.1) is 22.7 Å². The first kappa shape index (κ1) is 44.6. The Bertz CT molecular complexity index is 2790. The minimum atomic E-state index is -1.12. The van der Waals surface area contributed by atoms with Crippen LogP contribution >= 0.6 is 0 Å². The van der Waals surface area contributed by atoms with Gasteiger partial charge in [-0.25, -0.2) is 20.4 Å². The van der Waals surface area contributed by atoms with Gasteiger partial charge >= 0.3 is 5.97 Å². The number of carbonyl (C=O) groups excluding carboxylic acids is 3. The summed E-state index contributed by atoms with van der Waals surface area (Å²) in [6, 6.07) is 10.8. The summed E-state index contributed by atoms with van der Waals surface area (Å²) in [6.07, 6.45) is 10.6. The summed E-state index contributed by atoms with van der Waals surface area (Å²) in [7, 11) is 1.72. The van der Waals surface area contributed by atoms with Crippen molar-refractivity contribution in [1.82, 2.24) is 50.1 Å². The van der Waals surface area contributed by atoms with Crippen LogP contribution in [-0.2, 0) is 35.0 Å². The highest BCUT2D eigenvalue weighted by Gasteiger charge is 2.58. The molecule has 6 bridgehead atoms.